The summed E-state index contributed by atoms with van der Waals surface area (Å²) in [6.07, 6.45) is 1.34. The lowest BCUT2D eigenvalue weighted by atomic mass is 9.84. The van der Waals surface area contributed by atoms with E-state index in [2.05, 4.69) is 0 Å². The molecule has 160 valence electrons. The van der Waals surface area contributed by atoms with Gasteiger partial charge in [0.05, 0.1) is 19.1 Å². The van der Waals surface area contributed by atoms with Crippen molar-refractivity contribution < 1.29 is 28.9 Å². The summed E-state index contributed by atoms with van der Waals surface area (Å²) in [7, 11) is 1.54. The Labute approximate surface area is 182 Å². The summed E-state index contributed by atoms with van der Waals surface area (Å²) in [6, 6.07) is 14.7. The fraction of sp³-hybridized carbons (Fsp3) is 0.120. The number of hydrogen-bond acceptors (Lipinski definition) is 7. The molecule has 0 saturated carbocycles. The number of ether oxygens (including phenoxy) is 2. The summed E-state index contributed by atoms with van der Waals surface area (Å²) in [5, 5.41) is 20.2. The largest absolute Gasteiger partial charge is 0.508 e. The van der Waals surface area contributed by atoms with Crippen molar-refractivity contribution >= 4 is 16.9 Å². The Hall–Kier alpha value is -4.26. The van der Waals surface area contributed by atoms with Gasteiger partial charge in [-0.2, -0.15) is 0 Å². The second-order valence-electron chi connectivity index (χ2n) is 7.51. The Morgan fingerprint density at radius 1 is 1.03 bits per heavy atom. The fourth-order valence-electron chi connectivity index (χ4n) is 4.19. The molecule has 1 aromatic heterocycles. The first-order valence-corrected chi connectivity index (χ1v) is 9.92. The van der Waals surface area contributed by atoms with Gasteiger partial charge in [0.15, 0.2) is 0 Å². The zero-order valence-corrected chi connectivity index (χ0v) is 17.0. The number of aromatic hydroxyl groups is 2. The monoisotopic (exact) mass is 430 g/mol. The number of phenols is 2. The second-order valence-corrected chi connectivity index (χ2v) is 7.51. The molecule has 5 rings (SSSR count). The third kappa shape index (κ3) is 3.06. The molecule has 0 radical (unpaired) electrons. The van der Waals surface area contributed by atoms with Gasteiger partial charge >= 0.3 is 5.97 Å². The number of benzene rings is 3. The van der Waals surface area contributed by atoms with Crippen LogP contribution in [0.1, 0.15) is 23.5 Å². The molecule has 0 spiro atoms. The second kappa shape index (κ2) is 7.46. The summed E-state index contributed by atoms with van der Waals surface area (Å²) in [6.45, 7) is 0. The lowest BCUT2D eigenvalue weighted by molar-refractivity contribution is -0.135. The zero-order chi connectivity index (χ0) is 22.4. The van der Waals surface area contributed by atoms with E-state index in [1.807, 2.05) is 18.2 Å². The molecule has 7 nitrogen and oxygen atoms in total. The number of methoxy groups -OCH3 is 1. The predicted molar refractivity (Wildman–Crippen MR) is 116 cm³/mol. The molecule has 2 N–H and O–H groups in total. The van der Waals surface area contributed by atoms with Gasteiger partial charge in [-0.05, 0) is 23.8 Å². The molecule has 0 bridgehead atoms. The molecule has 4 aromatic rings. The van der Waals surface area contributed by atoms with Gasteiger partial charge in [-0.15, -0.1) is 0 Å². The molecule has 1 unspecified atom stereocenters. The summed E-state index contributed by atoms with van der Waals surface area (Å²) in [5.74, 6) is -0.507. The van der Waals surface area contributed by atoms with Crippen LogP contribution in [0.4, 0.5) is 0 Å². The molecule has 32 heavy (non-hydrogen) atoms. The molecule has 0 aliphatic carbocycles. The minimum atomic E-state index is -0.492. The maximum Gasteiger partial charge on any atom is 0.312 e. The third-order valence-corrected chi connectivity index (χ3v) is 5.66. The average molecular weight is 430 g/mol. The van der Waals surface area contributed by atoms with Crippen LogP contribution >= 0.6 is 0 Å². The zero-order valence-electron chi connectivity index (χ0n) is 17.0. The van der Waals surface area contributed by atoms with E-state index in [1.54, 1.807) is 25.3 Å². The molecule has 1 atom stereocenters. The number of rotatable bonds is 3. The van der Waals surface area contributed by atoms with E-state index in [0.717, 1.165) is 5.56 Å². The van der Waals surface area contributed by atoms with Crippen LogP contribution in [0.15, 0.2) is 70.1 Å². The van der Waals surface area contributed by atoms with Crippen molar-refractivity contribution in [1.29, 1.82) is 0 Å². The maximum atomic E-state index is 13.3. The van der Waals surface area contributed by atoms with E-state index < -0.39 is 17.3 Å². The van der Waals surface area contributed by atoms with Gasteiger partial charge in [0.2, 0.25) is 5.43 Å². The lowest BCUT2D eigenvalue weighted by Gasteiger charge is -2.27. The summed E-state index contributed by atoms with van der Waals surface area (Å²) in [4.78, 5) is 25.7. The van der Waals surface area contributed by atoms with Gasteiger partial charge in [-0.25, -0.2) is 0 Å². The van der Waals surface area contributed by atoms with Gasteiger partial charge in [-0.1, -0.05) is 30.3 Å². The van der Waals surface area contributed by atoms with E-state index >= 15 is 0 Å². The van der Waals surface area contributed by atoms with E-state index in [9.17, 15) is 19.8 Å². The fourth-order valence-corrected chi connectivity index (χ4v) is 4.19. The van der Waals surface area contributed by atoms with Crippen LogP contribution in [-0.4, -0.2) is 23.3 Å². The van der Waals surface area contributed by atoms with Gasteiger partial charge in [0.1, 0.15) is 40.2 Å². The highest BCUT2D eigenvalue weighted by atomic mass is 16.5. The van der Waals surface area contributed by atoms with Crippen molar-refractivity contribution in [2.75, 3.05) is 7.11 Å². The molecule has 0 amide bonds. The van der Waals surface area contributed by atoms with Crippen molar-refractivity contribution in [1.82, 2.24) is 0 Å². The number of para-hydroxylation sites is 1. The van der Waals surface area contributed by atoms with E-state index in [1.165, 1.54) is 24.5 Å². The number of hydrogen-bond donors (Lipinski definition) is 2. The number of phenolic OH excluding ortho intramolecular Hbond substituents is 2. The first-order valence-electron chi connectivity index (χ1n) is 9.92. The molecule has 7 heteroatoms. The normalized spacial score (nSPS) is 15.3. The Morgan fingerprint density at radius 3 is 2.53 bits per heavy atom. The van der Waals surface area contributed by atoms with E-state index in [-0.39, 0.29) is 40.2 Å². The van der Waals surface area contributed by atoms with Crippen molar-refractivity contribution in [3.05, 3.63) is 82.2 Å². The Bertz CT molecular complexity index is 1420. The summed E-state index contributed by atoms with van der Waals surface area (Å²) in [5.41, 5.74) is 1.71. The van der Waals surface area contributed by atoms with Crippen molar-refractivity contribution in [3.8, 4) is 34.1 Å². The minimum Gasteiger partial charge on any atom is -0.508 e. The van der Waals surface area contributed by atoms with Gasteiger partial charge < -0.3 is 24.1 Å². The molecular formula is C25H18O7. The van der Waals surface area contributed by atoms with Crippen LogP contribution in [0.2, 0.25) is 0 Å². The highest BCUT2D eigenvalue weighted by molar-refractivity contribution is 5.94. The Morgan fingerprint density at radius 2 is 1.78 bits per heavy atom. The standard InChI is InChI=1S/C25H18O7/c1-30-19-5-3-2-4-15(19)16-10-21(28)32-20-11-18(27)23-24(29)17(12-31-25(23)22(16)20)13-6-8-14(26)9-7-13/h2-9,11-12,16,26-27H,10H2,1H3. The van der Waals surface area contributed by atoms with Crippen LogP contribution < -0.4 is 14.9 Å². The van der Waals surface area contributed by atoms with Gasteiger partial charge in [0, 0.05) is 23.1 Å². The number of fused-ring (bicyclic) bond motifs is 3. The molecular weight excluding hydrogens is 412 g/mol. The Kier molecular flexibility index (Phi) is 4.59. The molecule has 1 aliphatic heterocycles. The topological polar surface area (TPSA) is 106 Å². The molecule has 0 fully saturated rings. The summed E-state index contributed by atoms with van der Waals surface area (Å²) >= 11 is 0. The van der Waals surface area contributed by atoms with Crippen molar-refractivity contribution in [2.24, 2.45) is 0 Å². The molecule has 2 heterocycles. The quantitative estimate of drug-likeness (QED) is 0.368. The maximum absolute atomic E-state index is 13.3. The van der Waals surface area contributed by atoms with Crippen LogP contribution in [-0.2, 0) is 4.79 Å². The van der Waals surface area contributed by atoms with Crippen LogP contribution in [0, 0.1) is 0 Å². The minimum absolute atomic E-state index is 0.00725. The highest BCUT2D eigenvalue weighted by Gasteiger charge is 2.35. The van der Waals surface area contributed by atoms with Crippen LogP contribution in [0.5, 0.6) is 23.0 Å². The average Bonchev–Trinajstić information content (AvgIpc) is 2.79. The molecule has 1 aliphatic rings. The number of carbonyl (C=O) groups excluding carboxylic acids is 1. The first kappa shape index (κ1) is 19.7. The molecule has 0 saturated heterocycles. The smallest absolute Gasteiger partial charge is 0.312 e. The molecule has 3 aromatic carbocycles. The van der Waals surface area contributed by atoms with Crippen LogP contribution in [0.25, 0.3) is 22.1 Å². The predicted octanol–water partition coefficient (Wildman–Crippen LogP) is 4.32. The summed E-state index contributed by atoms with van der Waals surface area (Å²) < 4.78 is 16.8. The first-order chi connectivity index (χ1) is 15.5. The lowest BCUT2D eigenvalue weighted by Crippen LogP contribution is -2.22. The number of esters is 1. The van der Waals surface area contributed by atoms with E-state index in [0.29, 0.717) is 16.9 Å². The van der Waals surface area contributed by atoms with Crippen LogP contribution in [0.3, 0.4) is 0 Å². The van der Waals surface area contributed by atoms with Crippen molar-refractivity contribution in [2.45, 2.75) is 12.3 Å². The van der Waals surface area contributed by atoms with E-state index in [4.69, 9.17) is 13.9 Å². The number of carbonyl (C=O) groups is 1. The highest BCUT2D eigenvalue weighted by Crippen LogP contribution is 2.47. The third-order valence-electron chi connectivity index (χ3n) is 5.66. The van der Waals surface area contributed by atoms with Crippen molar-refractivity contribution in [3.63, 3.8) is 0 Å². The SMILES string of the molecule is COc1ccccc1C1CC(=O)Oc2cc(O)c3c(=O)c(-c4ccc(O)cc4)coc3c21. The van der Waals surface area contributed by atoms with Gasteiger partial charge in [0.25, 0.3) is 0 Å². The van der Waals surface area contributed by atoms with Gasteiger partial charge in [-0.3, -0.25) is 9.59 Å². The Balaban J connectivity index is 1.79.